The molecule has 1 heterocycles. The van der Waals surface area contributed by atoms with E-state index < -0.39 is 5.54 Å². The van der Waals surface area contributed by atoms with Crippen molar-refractivity contribution in [1.29, 1.82) is 0 Å². The molecule has 4 aromatic rings. The third-order valence-electron chi connectivity index (χ3n) is 4.85. The minimum absolute atomic E-state index is 0.168. The standard InChI is InChI=1S/C23H20FN3O/c1-23(2,16-7-4-3-5-8-16)26-22(28)19-9-6-10-21-20(19)15-25-27(21)18-13-11-17(24)12-14-18/h3-15H,1-2H3,(H,26,28). The van der Waals surface area contributed by atoms with Crippen molar-refractivity contribution in [3.05, 3.63) is 95.9 Å². The SMILES string of the molecule is CC(C)(NC(=O)c1cccc2c1cnn2-c1ccc(F)cc1)c1ccccc1. The van der Waals surface area contributed by atoms with E-state index in [2.05, 4.69) is 10.4 Å². The molecule has 0 atom stereocenters. The average molecular weight is 373 g/mol. The lowest BCUT2D eigenvalue weighted by molar-refractivity contribution is 0.0914. The van der Waals surface area contributed by atoms with E-state index in [1.54, 1.807) is 29.1 Å². The van der Waals surface area contributed by atoms with Gasteiger partial charge < -0.3 is 5.32 Å². The van der Waals surface area contributed by atoms with Crippen LogP contribution in [0, 0.1) is 5.82 Å². The summed E-state index contributed by atoms with van der Waals surface area (Å²) in [6.07, 6.45) is 1.67. The van der Waals surface area contributed by atoms with E-state index >= 15 is 0 Å². The predicted molar refractivity (Wildman–Crippen MR) is 108 cm³/mol. The number of carbonyl (C=O) groups excluding carboxylic acids is 1. The smallest absolute Gasteiger partial charge is 0.252 e. The first-order chi connectivity index (χ1) is 13.5. The molecule has 140 valence electrons. The number of fused-ring (bicyclic) bond motifs is 1. The Balaban J connectivity index is 1.70. The van der Waals surface area contributed by atoms with E-state index in [0.29, 0.717) is 5.56 Å². The fourth-order valence-electron chi connectivity index (χ4n) is 3.32. The summed E-state index contributed by atoms with van der Waals surface area (Å²) >= 11 is 0. The Hall–Kier alpha value is -3.47. The molecular formula is C23H20FN3O. The van der Waals surface area contributed by atoms with Crippen molar-refractivity contribution in [3.8, 4) is 5.69 Å². The molecule has 1 amide bonds. The lowest BCUT2D eigenvalue weighted by Crippen LogP contribution is -2.41. The van der Waals surface area contributed by atoms with Gasteiger partial charge in [0.15, 0.2) is 0 Å². The summed E-state index contributed by atoms with van der Waals surface area (Å²) in [6, 6.07) is 21.5. The lowest BCUT2D eigenvalue weighted by atomic mass is 9.93. The number of aromatic nitrogens is 2. The first kappa shape index (κ1) is 17.9. The molecule has 0 unspecified atom stereocenters. The molecule has 0 aliphatic rings. The molecule has 3 aromatic carbocycles. The zero-order chi connectivity index (χ0) is 19.7. The molecule has 28 heavy (non-hydrogen) atoms. The quantitative estimate of drug-likeness (QED) is 0.557. The Morgan fingerprint density at radius 1 is 0.964 bits per heavy atom. The van der Waals surface area contributed by atoms with Gasteiger partial charge in [0.25, 0.3) is 5.91 Å². The highest BCUT2D eigenvalue weighted by Gasteiger charge is 2.24. The summed E-state index contributed by atoms with van der Waals surface area (Å²) in [5.41, 5.74) is 2.58. The first-order valence-electron chi connectivity index (χ1n) is 9.06. The van der Waals surface area contributed by atoms with E-state index in [-0.39, 0.29) is 11.7 Å². The summed E-state index contributed by atoms with van der Waals surface area (Å²) in [4.78, 5) is 13.0. The largest absolute Gasteiger partial charge is 0.343 e. The third kappa shape index (κ3) is 3.27. The van der Waals surface area contributed by atoms with Crippen LogP contribution in [0.2, 0.25) is 0 Å². The number of halogens is 1. The van der Waals surface area contributed by atoms with Crippen molar-refractivity contribution < 1.29 is 9.18 Å². The second kappa shape index (κ2) is 6.93. The van der Waals surface area contributed by atoms with Gasteiger partial charge in [0.05, 0.1) is 28.5 Å². The molecule has 0 radical (unpaired) electrons. The van der Waals surface area contributed by atoms with E-state index in [0.717, 1.165) is 22.2 Å². The van der Waals surface area contributed by atoms with Crippen molar-refractivity contribution in [3.63, 3.8) is 0 Å². The molecule has 0 fully saturated rings. The van der Waals surface area contributed by atoms with Gasteiger partial charge in [-0.15, -0.1) is 0 Å². The van der Waals surface area contributed by atoms with Crippen LogP contribution in [-0.4, -0.2) is 15.7 Å². The van der Waals surface area contributed by atoms with Gasteiger partial charge in [-0.3, -0.25) is 4.79 Å². The normalized spacial score (nSPS) is 11.5. The summed E-state index contributed by atoms with van der Waals surface area (Å²) in [7, 11) is 0. The Morgan fingerprint density at radius 2 is 1.68 bits per heavy atom. The minimum atomic E-state index is -0.520. The highest BCUT2D eigenvalue weighted by molar-refractivity contribution is 6.06. The Kier molecular flexibility index (Phi) is 4.43. The minimum Gasteiger partial charge on any atom is -0.343 e. The molecule has 4 nitrogen and oxygen atoms in total. The summed E-state index contributed by atoms with van der Waals surface area (Å²) in [6.45, 7) is 3.95. The van der Waals surface area contributed by atoms with Gasteiger partial charge in [-0.25, -0.2) is 9.07 Å². The van der Waals surface area contributed by atoms with E-state index in [9.17, 15) is 9.18 Å². The highest BCUT2D eigenvalue weighted by atomic mass is 19.1. The first-order valence-corrected chi connectivity index (χ1v) is 9.06. The molecule has 1 aromatic heterocycles. The number of amides is 1. The van der Waals surface area contributed by atoms with Crippen LogP contribution in [0.3, 0.4) is 0 Å². The molecule has 4 rings (SSSR count). The van der Waals surface area contributed by atoms with Crippen LogP contribution in [0.4, 0.5) is 4.39 Å². The number of nitrogens with zero attached hydrogens (tertiary/aromatic N) is 2. The maximum Gasteiger partial charge on any atom is 0.252 e. The Morgan fingerprint density at radius 3 is 2.39 bits per heavy atom. The molecule has 0 saturated heterocycles. The van der Waals surface area contributed by atoms with Crippen LogP contribution in [0.1, 0.15) is 29.8 Å². The summed E-state index contributed by atoms with van der Waals surface area (Å²) in [5, 5.41) is 8.26. The third-order valence-corrected chi connectivity index (χ3v) is 4.85. The van der Waals surface area contributed by atoms with Gasteiger partial charge in [-0.1, -0.05) is 36.4 Å². The molecule has 0 aliphatic heterocycles. The Bertz CT molecular complexity index is 1130. The maximum absolute atomic E-state index is 13.2. The molecule has 0 aliphatic carbocycles. The predicted octanol–water partition coefficient (Wildman–Crippen LogP) is 4.83. The fourth-order valence-corrected chi connectivity index (χ4v) is 3.32. The monoisotopic (exact) mass is 373 g/mol. The molecule has 0 saturated carbocycles. The van der Waals surface area contributed by atoms with Crippen LogP contribution in [0.15, 0.2) is 79.0 Å². The maximum atomic E-state index is 13.2. The van der Waals surface area contributed by atoms with Crippen molar-refractivity contribution in [1.82, 2.24) is 15.1 Å². The molecule has 1 N–H and O–H groups in total. The van der Waals surface area contributed by atoms with Crippen LogP contribution in [0.5, 0.6) is 0 Å². The molecular weight excluding hydrogens is 353 g/mol. The summed E-state index contributed by atoms with van der Waals surface area (Å²) in [5.74, 6) is -0.471. The summed E-state index contributed by atoms with van der Waals surface area (Å²) < 4.78 is 14.9. The molecule has 5 heteroatoms. The second-order valence-corrected chi connectivity index (χ2v) is 7.22. The van der Waals surface area contributed by atoms with Crippen LogP contribution < -0.4 is 5.32 Å². The molecule has 0 bridgehead atoms. The number of hydrogen-bond donors (Lipinski definition) is 1. The van der Waals surface area contributed by atoms with Crippen molar-refractivity contribution in [2.24, 2.45) is 0 Å². The number of hydrogen-bond acceptors (Lipinski definition) is 2. The van der Waals surface area contributed by atoms with Gasteiger partial charge in [-0.05, 0) is 55.8 Å². The van der Waals surface area contributed by atoms with Crippen molar-refractivity contribution in [2.75, 3.05) is 0 Å². The number of benzene rings is 3. The van der Waals surface area contributed by atoms with Gasteiger partial charge in [-0.2, -0.15) is 5.10 Å². The number of nitrogens with one attached hydrogen (secondary N) is 1. The topological polar surface area (TPSA) is 46.9 Å². The number of rotatable bonds is 4. The van der Waals surface area contributed by atoms with Gasteiger partial charge in [0, 0.05) is 5.39 Å². The van der Waals surface area contributed by atoms with E-state index in [1.165, 1.54) is 12.1 Å². The lowest BCUT2D eigenvalue weighted by Gasteiger charge is -2.27. The van der Waals surface area contributed by atoms with Gasteiger partial charge in [0.2, 0.25) is 0 Å². The fraction of sp³-hybridized carbons (Fsp3) is 0.130. The van der Waals surface area contributed by atoms with Gasteiger partial charge >= 0.3 is 0 Å². The van der Waals surface area contributed by atoms with Gasteiger partial charge in [0.1, 0.15) is 5.82 Å². The van der Waals surface area contributed by atoms with E-state index in [1.807, 2.05) is 56.3 Å². The van der Waals surface area contributed by atoms with Crippen LogP contribution in [-0.2, 0) is 5.54 Å². The van der Waals surface area contributed by atoms with Crippen LogP contribution in [0.25, 0.3) is 16.6 Å². The second-order valence-electron chi connectivity index (χ2n) is 7.22. The highest BCUT2D eigenvalue weighted by Crippen LogP contribution is 2.24. The van der Waals surface area contributed by atoms with Crippen molar-refractivity contribution >= 4 is 16.8 Å². The zero-order valence-corrected chi connectivity index (χ0v) is 15.7. The van der Waals surface area contributed by atoms with Crippen LogP contribution >= 0.6 is 0 Å². The van der Waals surface area contributed by atoms with E-state index in [4.69, 9.17) is 0 Å². The van der Waals surface area contributed by atoms with Crippen molar-refractivity contribution in [2.45, 2.75) is 19.4 Å². The number of carbonyl (C=O) groups is 1. The Labute approximate surface area is 162 Å². The molecule has 0 spiro atoms. The zero-order valence-electron chi connectivity index (χ0n) is 15.7. The average Bonchev–Trinajstić information content (AvgIpc) is 3.13.